The molecule has 8 heteroatoms. The van der Waals surface area contributed by atoms with Crippen LogP contribution in [-0.2, 0) is 15.1 Å². The van der Waals surface area contributed by atoms with Gasteiger partial charge in [0.15, 0.2) is 17.3 Å². The van der Waals surface area contributed by atoms with Crippen molar-refractivity contribution >= 4 is 29.2 Å². The number of guanidine groups is 1. The number of hydrogen-bond donors (Lipinski definition) is 3. The van der Waals surface area contributed by atoms with E-state index >= 15 is 0 Å². The first-order chi connectivity index (χ1) is 13.3. The molecule has 1 aromatic carbocycles. The summed E-state index contributed by atoms with van der Waals surface area (Å²) in [7, 11) is 1.55. The van der Waals surface area contributed by atoms with Gasteiger partial charge in [-0.1, -0.05) is 26.0 Å². The summed E-state index contributed by atoms with van der Waals surface area (Å²) in [6.45, 7) is 3.52. The molecule has 1 aliphatic rings. The molecule has 0 saturated heterocycles. The lowest BCUT2D eigenvalue weighted by molar-refractivity contribution is -0.129. The van der Waals surface area contributed by atoms with E-state index in [0.717, 1.165) is 0 Å². The predicted octanol–water partition coefficient (Wildman–Crippen LogP) is 1.99. The van der Waals surface area contributed by atoms with Crippen molar-refractivity contribution in [3.8, 4) is 0 Å². The second-order valence-corrected chi connectivity index (χ2v) is 6.61. The maximum absolute atomic E-state index is 13.2. The first-order valence-corrected chi connectivity index (χ1v) is 9.09. The van der Waals surface area contributed by atoms with Gasteiger partial charge < -0.3 is 16.0 Å². The molecule has 0 fully saturated rings. The fourth-order valence-corrected chi connectivity index (χ4v) is 3.21. The van der Waals surface area contributed by atoms with Crippen LogP contribution in [0.3, 0.4) is 0 Å². The van der Waals surface area contributed by atoms with Crippen LogP contribution < -0.4 is 11.1 Å². The molecule has 8 nitrogen and oxygen atoms in total. The number of nitrogens with one attached hydrogen (secondary N) is 2. The fraction of sp³-hybridized carbons (Fsp3) is 0.300. The Labute approximate surface area is 162 Å². The number of benzene rings is 1. The summed E-state index contributed by atoms with van der Waals surface area (Å²) in [5, 5.41) is 2.79. The van der Waals surface area contributed by atoms with E-state index in [2.05, 4.69) is 15.3 Å². The SMILES string of the molecule is CCC(=O)Nc1cccc(C2(c3c[nH]c(C(=O)CC)c3)N=C(N)N(C)C2=O)c1. The molecule has 2 aromatic rings. The molecule has 0 radical (unpaired) electrons. The van der Waals surface area contributed by atoms with Crippen LogP contribution in [0, 0.1) is 0 Å². The molecule has 2 heterocycles. The van der Waals surface area contributed by atoms with Crippen LogP contribution in [-0.4, -0.2) is 40.5 Å². The smallest absolute Gasteiger partial charge is 0.266 e. The lowest BCUT2D eigenvalue weighted by Crippen LogP contribution is -2.41. The fourth-order valence-electron chi connectivity index (χ4n) is 3.21. The number of aromatic nitrogens is 1. The lowest BCUT2D eigenvalue weighted by atomic mass is 9.83. The highest BCUT2D eigenvalue weighted by Crippen LogP contribution is 2.40. The van der Waals surface area contributed by atoms with Crippen molar-refractivity contribution < 1.29 is 14.4 Å². The van der Waals surface area contributed by atoms with Crippen LogP contribution in [0.25, 0.3) is 0 Å². The van der Waals surface area contributed by atoms with Crippen molar-refractivity contribution in [3.63, 3.8) is 0 Å². The minimum absolute atomic E-state index is 0.0684. The topological polar surface area (TPSA) is 121 Å². The van der Waals surface area contributed by atoms with Crippen LogP contribution in [0.5, 0.6) is 0 Å². The summed E-state index contributed by atoms with van der Waals surface area (Å²) >= 11 is 0. The Bertz CT molecular complexity index is 978. The Kier molecular flexibility index (Phi) is 5.04. The van der Waals surface area contributed by atoms with Gasteiger partial charge in [0.25, 0.3) is 5.91 Å². The number of aliphatic imine (C=N–C) groups is 1. The Balaban J connectivity index is 2.16. The molecule has 3 rings (SSSR count). The van der Waals surface area contributed by atoms with E-state index in [9.17, 15) is 14.4 Å². The molecule has 0 spiro atoms. The first kappa shape index (κ1) is 19.3. The van der Waals surface area contributed by atoms with Gasteiger partial charge in [-0.25, -0.2) is 4.99 Å². The maximum atomic E-state index is 13.2. The van der Waals surface area contributed by atoms with E-state index in [0.29, 0.717) is 35.3 Å². The Hall–Kier alpha value is -3.42. The number of nitrogens with zero attached hydrogens (tertiary/aromatic N) is 2. The van der Waals surface area contributed by atoms with Gasteiger partial charge >= 0.3 is 0 Å². The number of rotatable bonds is 6. The minimum atomic E-state index is -1.42. The third-order valence-electron chi connectivity index (χ3n) is 4.85. The third-order valence-corrected chi connectivity index (χ3v) is 4.85. The van der Waals surface area contributed by atoms with Crippen LogP contribution >= 0.6 is 0 Å². The predicted molar refractivity (Wildman–Crippen MR) is 106 cm³/mol. The summed E-state index contributed by atoms with van der Waals surface area (Å²) in [6.07, 6.45) is 2.28. The quantitative estimate of drug-likeness (QED) is 0.663. The first-order valence-electron chi connectivity index (χ1n) is 9.09. The van der Waals surface area contributed by atoms with Gasteiger partial charge in [-0.15, -0.1) is 0 Å². The van der Waals surface area contributed by atoms with Gasteiger partial charge in [-0.3, -0.25) is 19.3 Å². The summed E-state index contributed by atoms with van der Waals surface area (Å²) in [4.78, 5) is 45.8. The molecule has 1 atom stereocenters. The van der Waals surface area contributed by atoms with E-state index in [1.807, 2.05) is 0 Å². The van der Waals surface area contributed by atoms with Gasteiger partial charge in [0.05, 0.1) is 5.69 Å². The van der Waals surface area contributed by atoms with Crippen molar-refractivity contribution in [2.75, 3.05) is 12.4 Å². The van der Waals surface area contributed by atoms with E-state index in [-0.39, 0.29) is 23.6 Å². The monoisotopic (exact) mass is 381 g/mol. The number of likely N-dealkylation sites (N-methyl/N-ethyl adjacent to an activating group) is 1. The van der Waals surface area contributed by atoms with E-state index < -0.39 is 5.54 Å². The second kappa shape index (κ2) is 7.30. The van der Waals surface area contributed by atoms with E-state index in [1.165, 1.54) is 4.90 Å². The zero-order valence-corrected chi connectivity index (χ0v) is 16.1. The van der Waals surface area contributed by atoms with Gasteiger partial charge in [-0.05, 0) is 23.8 Å². The van der Waals surface area contributed by atoms with Gasteiger partial charge in [-0.2, -0.15) is 0 Å². The average molecular weight is 381 g/mol. The number of nitrogens with two attached hydrogens (primary N) is 1. The second-order valence-electron chi connectivity index (χ2n) is 6.61. The van der Waals surface area contributed by atoms with Crippen molar-refractivity contribution in [1.82, 2.24) is 9.88 Å². The summed E-state index contributed by atoms with van der Waals surface area (Å²) < 4.78 is 0. The minimum Gasteiger partial charge on any atom is -0.369 e. The Morgan fingerprint density at radius 2 is 1.96 bits per heavy atom. The van der Waals surface area contributed by atoms with Crippen molar-refractivity contribution in [3.05, 3.63) is 53.3 Å². The molecule has 0 aliphatic carbocycles. The van der Waals surface area contributed by atoms with Gasteiger partial charge in [0, 0.05) is 37.3 Å². The highest BCUT2D eigenvalue weighted by atomic mass is 16.2. The Morgan fingerprint density at radius 3 is 2.57 bits per heavy atom. The van der Waals surface area contributed by atoms with Crippen molar-refractivity contribution in [2.24, 2.45) is 10.7 Å². The van der Waals surface area contributed by atoms with Crippen LogP contribution in [0.15, 0.2) is 41.5 Å². The number of carbonyl (C=O) groups is 3. The normalized spacial score (nSPS) is 18.9. The zero-order valence-electron chi connectivity index (χ0n) is 16.1. The summed E-state index contributed by atoms with van der Waals surface area (Å²) in [5.41, 5.74) is 6.56. The van der Waals surface area contributed by atoms with Crippen molar-refractivity contribution in [1.29, 1.82) is 0 Å². The highest BCUT2D eigenvalue weighted by Gasteiger charge is 2.50. The van der Waals surface area contributed by atoms with Crippen LogP contribution in [0.1, 0.15) is 48.3 Å². The largest absolute Gasteiger partial charge is 0.369 e. The third kappa shape index (κ3) is 3.06. The molecule has 0 saturated carbocycles. The van der Waals surface area contributed by atoms with Crippen molar-refractivity contribution in [2.45, 2.75) is 32.2 Å². The number of H-pyrrole nitrogens is 1. The molecule has 4 N–H and O–H groups in total. The number of hydrogen-bond acceptors (Lipinski definition) is 5. The maximum Gasteiger partial charge on any atom is 0.266 e. The number of amides is 2. The van der Waals surface area contributed by atoms with E-state index in [4.69, 9.17) is 5.73 Å². The zero-order chi connectivity index (χ0) is 20.5. The number of Topliss-reactive ketones (excluding diaryl/α,β-unsaturated/α-hetero) is 1. The van der Waals surface area contributed by atoms with Crippen LogP contribution in [0.2, 0.25) is 0 Å². The van der Waals surface area contributed by atoms with Crippen LogP contribution in [0.4, 0.5) is 5.69 Å². The van der Waals surface area contributed by atoms with Gasteiger partial charge in [0.1, 0.15) is 0 Å². The summed E-state index contributed by atoms with van der Waals surface area (Å²) in [6, 6.07) is 8.57. The highest BCUT2D eigenvalue weighted by molar-refractivity contribution is 6.09. The van der Waals surface area contributed by atoms with Gasteiger partial charge in [0.2, 0.25) is 5.91 Å². The average Bonchev–Trinajstić information content (AvgIpc) is 3.28. The molecule has 28 heavy (non-hydrogen) atoms. The molecule has 1 aliphatic heterocycles. The standard InChI is InChI=1S/C20H23N5O3/c1-4-16(26)15-10-13(11-22-15)20(18(28)25(3)19(21)24-20)12-7-6-8-14(9-12)23-17(27)5-2/h6-11,22H,4-5H2,1-3H3,(H2,21,24)(H,23,27). The molecule has 2 amide bonds. The lowest BCUT2D eigenvalue weighted by Gasteiger charge is -2.25. The molecule has 1 unspecified atom stereocenters. The number of aromatic amines is 1. The molecular weight excluding hydrogens is 358 g/mol. The summed E-state index contributed by atoms with van der Waals surface area (Å²) in [5.74, 6) is -0.460. The molecule has 1 aromatic heterocycles. The number of carbonyl (C=O) groups excluding carboxylic acids is 3. The molecular formula is C20H23N5O3. The number of ketones is 1. The van der Waals surface area contributed by atoms with E-state index in [1.54, 1.807) is 57.4 Å². The Morgan fingerprint density at radius 1 is 1.21 bits per heavy atom. The molecule has 146 valence electrons. The number of anilines is 1. The molecule has 0 bridgehead atoms.